The smallest absolute Gasteiger partial charge is 0.306 e. The molecule has 0 radical (unpaired) electrons. The maximum Gasteiger partial charge on any atom is 0.306 e. The van der Waals surface area contributed by atoms with Gasteiger partial charge in [0.05, 0.1) is 40.3 Å². The number of aliphatic carboxylic acids is 1. The Morgan fingerprint density at radius 1 is 0.449 bits per heavy atom. The summed E-state index contributed by atoms with van der Waals surface area (Å²) in [6.07, 6.45) is 67.6. The molecule has 0 spiro atoms. The molecule has 0 aromatic heterocycles. The maximum atomic E-state index is 12.8. The van der Waals surface area contributed by atoms with Gasteiger partial charge in [-0.2, -0.15) is 0 Å². The second-order valence-corrected chi connectivity index (χ2v) is 19.8. The minimum absolute atomic E-state index is 0.0286. The summed E-state index contributed by atoms with van der Waals surface area (Å²) in [7, 11) is 5.41. The number of ether oxygens (including phenoxy) is 3. The number of carbonyl (C=O) groups excluding carboxylic acids is 3. The van der Waals surface area contributed by atoms with Gasteiger partial charge in [0.25, 0.3) is 0 Å². The number of carboxylic acid groups (broad SMARTS) is 1. The van der Waals surface area contributed by atoms with Gasteiger partial charge in [0.15, 0.2) is 6.10 Å². The second-order valence-electron chi connectivity index (χ2n) is 19.8. The van der Waals surface area contributed by atoms with E-state index in [-0.39, 0.29) is 42.7 Å². The van der Waals surface area contributed by atoms with E-state index in [1.807, 2.05) is 0 Å². The van der Waals surface area contributed by atoms with Crippen LogP contribution in [-0.2, 0) is 28.6 Å². The standard InChI is InChI=1S/C61H105NO7/c1-6-8-10-12-14-16-18-20-22-24-26-28-30-32-34-36-38-40-42-44-46-48-50-52-60(64)69-57(55-67-54-53-58(61(65)66)62(3,4)5)56-68-59(63)51-49-47-45-43-41-39-37-35-33-31-29-27-25-23-21-19-17-15-13-11-9-7-2/h9,11,15,17,21,23,26-29,32-35,57-58H,6-8,10,12-14,16,18-20,22,24-25,30-31,36-56H2,1-5H3/b11-9+,17-15+,23-21+,28-26+,29-27+,34-32+,35-33+. The van der Waals surface area contributed by atoms with Crippen LogP contribution in [0.5, 0.6) is 0 Å². The lowest BCUT2D eigenvalue weighted by Gasteiger charge is -2.34. The summed E-state index contributed by atoms with van der Waals surface area (Å²) in [6.45, 7) is 4.54. The first-order valence-electron chi connectivity index (χ1n) is 28.1. The van der Waals surface area contributed by atoms with Crippen molar-refractivity contribution in [2.24, 2.45) is 0 Å². The van der Waals surface area contributed by atoms with Gasteiger partial charge < -0.3 is 28.6 Å². The Balaban J connectivity index is 4.26. The first kappa shape index (κ1) is 65.5. The van der Waals surface area contributed by atoms with Crippen LogP contribution in [0.15, 0.2) is 85.1 Å². The molecule has 0 aliphatic rings. The summed E-state index contributed by atoms with van der Waals surface area (Å²) >= 11 is 0. The Hall–Kier alpha value is -3.49. The van der Waals surface area contributed by atoms with Crippen molar-refractivity contribution in [2.75, 3.05) is 41.0 Å². The molecule has 0 saturated heterocycles. The van der Waals surface area contributed by atoms with Crippen LogP contribution in [0, 0.1) is 0 Å². The van der Waals surface area contributed by atoms with Crippen molar-refractivity contribution < 1.29 is 38.2 Å². The number of quaternary nitrogens is 1. The van der Waals surface area contributed by atoms with Crippen LogP contribution in [0.4, 0.5) is 0 Å². The van der Waals surface area contributed by atoms with Gasteiger partial charge in [0.1, 0.15) is 12.6 Å². The highest BCUT2D eigenvalue weighted by Crippen LogP contribution is 2.15. The number of esters is 2. The van der Waals surface area contributed by atoms with E-state index in [9.17, 15) is 19.5 Å². The summed E-state index contributed by atoms with van der Waals surface area (Å²) in [4.78, 5) is 37.1. The van der Waals surface area contributed by atoms with Gasteiger partial charge in [0, 0.05) is 19.3 Å². The molecule has 8 heteroatoms. The van der Waals surface area contributed by atoms with Gasteiger partial charge in [0.2, 0.25) is 0 Å². The summed E-state index contributed by atoms with van der Waals surface area (Å²) < 4.78 is 17.3. The van der Waals surface area contributed by atoms with Gasteiger partial charge >= 0.3 is 11.9 Å². The SMILES string of the molecule is CC/C=C/C/C=C/C/C=C/C/C=C/C/C=C/CCCCCCCCC(=O)OCC(COCCC(C(=O)[O-])[N+](C)(C)C)OC(=O)CCCCCCCCC/C=C/C/C=C/CCCCCCCCCCC. The molecule has 8 nitrogen and oxygen atoms in total. The van der Waals surface area contributed by atoms with Crippen LogP contribution >= 0.6 is 0 Å². The fourth-order valence-corrected chi connectivity index (χ4v) is 7.95. The van der Waals surface area contributed by atoms with Gasteiger partial charge in [-0.25, -0.2) is 0 Å². The van der Waals surface area contributed by atoms with Crippen molar-refractivity contribution in [3.63, 3.8) is 0 Å². The molecular formula is C61H105NO7. The fourth-order valence-electron chi connectivity index (χ4n) is 7.95. The minimum atomic E-state index is -1.13. The third kappa shape index (κ3) is 49.3. The lowest BCUT2D eigenvalue weighted by molar-refractivity contribution is -0.889. The van der Waals surface area contributed by atoms with E-state index in [2.05, 4.69) is 98.9 Å². The van der Waals surface area contributed by atoms with Crippen LogP contribution in [0.3, 0.4) is 0 Å². The normalized spacial score (nSPS) is 13.5. The third-order valence-electron chi connectivity index (χ3n) is 12.3. The summed E-state index contributed by atoms with van der Waals surface area (Å²) in [5, 5.41) is 11.7. The number of likely N-dealkylation sites (N-methyl/N-ethyl adjacent to an activating group) is 1. The Kier molecular flexibility index (Phi) is 48.3. The highest BCUT2D eigenvalue weighted by atomic mass is 16.6. The summed E-state index contributed by atoms with van der Waals surface area (Å²) in [5.74, 6) is -1.76. The summed E-state index contributed by atoms with van der Waals surface area (Å²) in [6, 6.07) is -0.735. The molecule has 2 unspecified atom stereocenters. The van der Waals surface area contributed by atoms with Crippen molar-refractivity contribution in [1.29, 1.82) is 0 Å². The molecule has 0 aromatic carbocycles. The maximum absolute atomic E-state index is 12.8. The topological polar surface area (TPSA) is 102 Å². The van der Waals surface area contributed by atoms with Crippen molar-refractivity contribution in [3.8, 4) is 0 Å². The Labute approximate surface area is 424 Å². The van der Waals surface area contributed by atoms with Gasteiger partial charge in [-0.3, -0.25) is 9.59 Å². The molecule has 0 amide bonds. The zero-order chi connectivity index (χ0) is 50.6. The molecule has 0 N–H and O–H groups in total. The number of carboxylic acids is 1. The van der Waals surface area contributed by atoms with Crippen LogP contribution in [0.1, 0.15) is 232 Å². The lowest BCUT2D eigenvalue weighted by Crippen LogP contribution is -2.55. The number of nitrogens with zero attached hydrogens (tertiary/aromatic N) is 1. The molecule has 2 atom stereocenters. The molecule has 0 rings (SSSR count). The number of hydrogen-bond donors (Lipinski definition) is 0. The Morgan fingerprint density at radius 3 is 1.20 bits per heavy atom. The first-order valence-corrected chi connectivity index (χ1v) is 28.1. The van der Waals surface area contributed by atoms with Crippen LogP contribution in [0.25, 0.3) is 0 Å². The zero-order valence-electron chi connectivity index (χ0n) is 45.2. The van der Waals surface area contributed by atoms with Crippen molar-refractivity contribution >= 4 is 17.9 Å². The monoisotopic (exact) mass is 964 g/mol. The molecule has 0 fully saturated rings. The van der Waals surface area contributed by atoms with Crippen LogP contribution < -0.4 is 5.11 Å². The molecule has 0 heterocycles. The van der Waals surface area contributed by atoms with E-state index < -0.39 is 18.1 Å². The van der Waals surface area contributed by atoms with Crippen molar-refractivity contribution in [3.05, 3.63) is 85.1 Å². The number of rotatable bonds is 50. The molecule has 0 bridgehead atoms. The molecule has 0 aromatic rings. The van der Waals surface area contributed by atoms with Crippen molar-refractivity contribution in [2.45, 2.75) is 244 Å². The van der Waals surface area contributed by atoms with Gasteiger partial charge in [-0.15, -0.1) is 0 Å². The highest BCUT2D eigenvalue weighted by molar-refractivity contribution is 5.70. The van der Waals surface area contributed by atoms with Crippen LogP contribution in [0.2, 0.25) is 0 Å². The van der Waals surface area contributed by atoms with Gasteiger partial charge in [-0.05, 0) is 89.9 Å². The minimum Gasteiger partial charge on any atom is -0.544 e. The van der Waals surface area contributed by atoms with E-state index in [1.54, 1.807) is 21.1 Å². The van der Waals surface area contributed by atoms with E-state index in [0.29, 0.717) is 12.8 Å². The molecule has 69 heavy (non-hydrogen) atoms. The molecule has 396 valence electrons. The lowest BCUT2D eigenvalue weighted by atomic mass is 10.1. The number of hydrogen-bond acceptors (Lipinski definition) is 7. The van der Waals surface area contributed by atoms with E-state index in [0.717, 1.165) is 96.3 Å². The predicted octanol–water partition coefficient (Wildman–Crippen LogP) is 15.5. The number of unbranched alkanes of at least 4 members (excludes halogenated alkanes) is 22. The van der Waals surface area contributed by atoms with E-state index in [1.165, 1.54) is 103 Å². The van der Waals surface area contributed by atoms with Crippen molar-refractivity contribution in [1.82, 2.24) is 0 Å². The molecule has 0 aliphatic heterocycles. The second kappa shape index (κ2) is 50.9. The highest BCUT2D eigenvalue weighted by Gasteiger charge is 2.25. The quantitative estimate of drug-likeness (QED) is 0.0259. The van der Waals surface area contributed by atoms with E-state index in [4.69, 9.17) is 14.2 Å². The fraction of sp³-hybridized carbons (Fsp3) is 0.721. The average Bonchev–Trinajstić information content (AvgIpc) is 3.31. The molecule has 0 aliphatic carbocycles. The largest absolute Gasteiger partial charge is 0.544 e. The zero-order valence-corrected chi connectivity index (χ0v) is 45.2. The molecule has 0 saturated carbocycles. The summed E-state index contributed by atoms with van der Waals surface area (Å²) in [5.41, 5.74) is 0. The first-order chi connectivity index (χ1) is 33.6. The van der Waals surface area contributed by atoms with E-state index >= 15 is 0 Å². The average molecular weight is 965 g/mol. The predicted molar refractivity (Wildman–Crippen MR) is 291 cm³/mol. The number of allylic oxidation sites excluding steroid dienone is 14. The molecular weight excluding hydrogens is 859 g/mol. The number of carbonyl (C=O) groups is 3. The van der Waals surface area contributed by atoms with Gasteiger partial charge in [-0.1, -0.05) is 208 Å². The Bertz CT molecular complexity index is 1400. The van der Waals surface area contributed by atoms with Crippen LogP contribution in [-0.4, -0.2) is 75.5 Å². The third-order valence-corrected chi connectivity index (χ3v) is 12.3. The Morgan fingerprint density at radius 2 is 0.812 bits per heavy atom.